The van der Waals surface area contributed by atoms with Gasteiger partial charge in [-0.15, -0.1) is 11.6 Å². The highest BCUT2D eigenvalue weighted by atomic mass is 35.5. The third-order valence-corrected chi connectivity index (χ3v) is 3.93. The van der Waals surface area contributed by atoms with Crippen LogP contribution in [0.25, 0.3) is 0 Å². The molecule has 0 heterocycles. The summed E-state index contributed by atoms with van der Waals surface area (Å²) >= 11 is 6.54. The van der Waals surface area contributed by atoms with Gasteiger partial charge in [0.2, 0.25) is 0 Å². The summed E-state index contributed by atoms with van der Waals surface area (Å²) in [5.74, 6) is 0.695. The fourth-order valence-electron chi connectivity index (χ4n) is 2.38. The number of halogens is 1. The maximum atomic E-state index is 6.54. The SMILES string of the molecule is Cc1ccc(CC(Cl)c2ccc(CC(C)C)cc2)cc1. The highest BCUT2D eigenvalue weighted by Gasteiger charge is 2.09. The number of hydrogen-bond donors (Lipinski definition) is 0. The lowest BCUT2D eigenvalue weighted by Crippen LogP contribution is -1.98. The standard InChI is InChI=1S/C19H23Cl/c1-14(2)12-16-8-10-18(11-9-16)19(20)13-17-6-4-15(3)5-7-17/h4-11,14,19H,12-13H2,1-3H3. The maximum absolute atomic E-state index is 6.54. The predicted octanol–water partition coefficient (Wildman–Crippen LogP) is 5.72. The van der Waals surface area contributed by atoms with Gasteiger partial charge < -0.3 is 0 Å². The van der Waals surface area contributed by atoms with Crippen molar-refractivity contribution in [2.75, 3.05) is 0 Å². The van der Waals surface area contributed by atoms with Crippen molar-refractivity contribution >= 4 is 11.6 Å². The first kappa shape index (κ1) is 15.1. The van der Waals surface area contributed by atoms with Gasteiger partial charge in [0.25, 0.3) is 0 Å². The Morgan fingerprint density at radius 2 is 1.30 bits per heavy atom. The minimum atomic E-state index is 0.0470. The zero-order valence-corrected chi connectivity index (χ0v) is 13.3. The van der Waals surface area contributed by atoms with Crippen LogP contribution in [0, 0.1) is 12.8 Å². The smallest absolute Gasteiger partial charge is 0.0625 e. The summed E-state index contributed by atoms with van der Waals surface area (Å²) in [7, 11) is 0. The molecule has 106 valence electrons. The van der Waals surface area contributed by atoms with E-state index in [0.717, 1.165) is 12.8 Å². The van der Waals surface area contributed by atoms with Crippen molar-refractivity contribution in [3.63, 3.8) is 0 Å². The molecule has 0 fully saturated rings. The molecule has 0 aliphatic carbocycles. The van der Waals surface area contributed by atoms with E-state index in [0.29, 0.717) is 5.92 Å². The van der Waals surface area contributed by atoms with Crippen LogP contribution in [0.5, 0.6) is 0 Å². The number of aryl methyl sites for hydroxylation is 1. The molecule has 0 saturated carbocycles. The quantitative estimate of drug-likeness (QED) is 0.617. The van der Waals surface area contributed by atoms with Crippen molar-refractivity contribution in [3.05, 3.63) is 70.8 Å². The summed E-state index contributed by atoms with van der Waals surface area (Å²) in [6.07, 6.45) is 2.01. The molecule has 2 aromatic carbocycles. The van der Waals surface area contributed by atoms with Gasteiger partial charge >= 0.3 is 0 Å². The Hall–Kier alpha value is -1.27. The van der Waals surface area contributed by atoms with E-state index in [1.807, 2.05) is 0 Å². The van der Waals surface area contributed by atoms with E-state index < -0.39 is 0 Å². The first-order valence-corrected chi connectivity index (χ1v) is 7.76. The van der Waals surface area contributed by atoms with E-state index >= 15 is 0 Å². The molecule has 0 radical (unpaired) electrons. The van der Waals surface area contributed by atoms with Gasteiger partial charge in [0, 0.05) is 0 Å². The van der Waals surface area contributed by atoms with Crippen molar-refractivity contribution in [3.8, 4) is 0 Å². The molecule has 0 aliphatic rings. The van der Waals surface area contributed by atoms with Crippen molar-refractivity contribution in [2.45, 2.75) is 39.0 Å². The van der Waals surface area contributed by atoms with Crippen LogP contribution in [0.2, 0.25) is 0 Å². The van der Waals surface area contributed by atoms with Crippen LogP contribution < -0.4 is 0 Å². The predicted molar refractivity (Wildman–Crippen MR) is 88.5 cm³/mol. The highest BCUT2D eigenvalue weighted by Crippen LogP contribution is 2.25. The Balaban J connectivity index is 2.01. The van der Waals surface area contributed by atoms with Crippen LogP contribution in [-0.4, -0.2) is 0 Å². The molecule has 0 saturated heterocycles. The van der Waals surface area contributed by atoms with Gasteiger partial charge in [-0.1, -0.05) is 67.9 Å². The lowest BCUT2D eigenvalue weighted by molar-refractivity contribution is 0.647. The summed E-state index contributed by atoms with van der Waals surface area (Å²) in [5, 5.41) is 0.0470. The third kappa shape index (κ3) is 4.38. The first-order valence-electron chi connectivity index (χ1n) is 7.33. The zero-order valence-electron chi connectivity index (χ0n) is 12.6. The minimum absolute atomic E-state index is 0.0470. The Morgan fingerprint density at radius 3 is 1.85 bits per heavy atom. The van der Waals surface area contributed by atoms with E-state index in [1.165, 1.54) is 22.3 Å². The normalized spacial score (nSPS) is 12.7. The molecule has 1 heteroatoms. The number of hydrogen-bond acceptors (Lipinski definition) is 0. The molecular weight excluding hydrogens is 264 g/mol. The third-order valence-electron chi connectivity index (χ3n) is 3.52. The second-order valence-corrected chi connectivity index (χ2v) is 6.52. The number of alkyl halides is 1. The van der Waals surface area contributed by atoms with E-state index in [-0.39, 0.29) is 5.38 Å². The van der Waals surface area contributed by atoms with Crippen LogP contribution in [0.15, 0.2) is 48.5 Å². The van der Waals surface area contributed by atoms with Gasteiger partial charge in [0.15, 0.2) is 0 Å². The van der Waals surface area contributed by atoms with E-state index in [2.05, 4.69) is 69.3 Å². The highest BCUT2D eigenvalue weighted by molar-refractivity contribution is 6.20. The molecule has 0 aromatic heterocycles. The van der Waals surface area contributed by atoms with Crippen LogP contribution >= 0.6 is 11.6 Å². The largest absolute Gasteiger partial charge is 0.117 e. The second kappa shape index (κ2) is 6.95. The van der Waals surface area contributed by atoms with Crippen molar-refractivity contribution in [1.82, 2.24) is 0 Å². The molecule has 1 atom stereocenters. The summed E-state index contributed by atoms with van der Waals surface area (Å²) in [4.78, 5) is 0. The second-order valence-electron chi connectivity index (χ2n) is 6.00. The van der Waals surface area contributed by atoms with Gasteiger partial charge in [-0.25, -0.2) is 0 Å². The van der Waals surface area contributed by atoms with E-state index in [9.17, 15) is 0 Å². The Bertz CT molecular complexity index is 523. The molecule has 2 aromatic rings. The number of benzene rings is 2. The number of rotatable bonds is 5. The van der Waals surface area contributed by atoms with Gasteiger partial charge in [0.05, 0.1) is 5.38 Å². The molecule has 2 rings (SSSR count). The Labute approximate surface area is 127 Å². The monoisotopic (exact) mass is 286 g/mol. The molecule has 1 unspecified atom stereocenters. The fourth-order valence-corrected chi connectivity index (χ4v) is 2.71. The lowest BCUT2D eigenvalue weighted by atomic mass is 9.99. The van der Waals surface area contributed by atoms with Crippen LogP contribution in [-0.2, 0) is 12.8 Å². The zero-order chi connectivity index (χ0) is 14.5. The van der Waals surface area contributed by atoms with Gasteiger partial charge in [-0.3, -0.25) is 0 Å². The van der Waals surface area contributed by atoms with Crippen LogP contribution in [0.3, 0.4) is 0 Å². The molecule has 0 bridgehead atoms. The van der Waals surface area contributed by atoms with E-state index in [4.69, 9.17) is 11.6 Å². The Morgan fingerprint density at radius 1 is 0.800 bits per heavy atom. The first-order chi connectivity index (χ1) is 9.54. The van der Waals surface area contributed by atoms with Gasteiger partial charge in [0.1, 0.15) is 0 Å². The molecule has 0 aliphatic heterocycles. The molecule has 0 nitrogen and oxygen atoms in total. The summed E-state index contributed by atoms with van der Waals surface area (Å²) < 4.78 is 0. The average molecular weight is 287 g/mol. The topological polar surface area (TPSA) is 0 Å². The summed E-state index contributed by atoms with van der Waals surface area (Å²) in [5.41, 5.74) is 5.18. The van der Waals surface area contributed by atoms with E-state index in [1.54, 1.807) is 0 Å². The summed E-state index contributed by atoms with van der Waals surface area (Å²) in [6.45, 7) is 6.60. The van der Waals surface area contributed by atoms with Crippen LogP contribution in [0.1, 0.15) is 41.5 Å². The molecule has 0 N–H and O–H groups in total. The Kier molecular flexibility index (Phi) is 5.25. The van der Waals surface area contributed by atoms with Crippen molar-refractivity contribution in [2.24, 2.45) is 5.92 Å². The van der Waals surface area contributed by atoms with Gasteiger partial charge in [-0.05, 0) is 42.4 Å². The minimum Gasteiger partial charge on any atom is -0.117 e. The molecule has 0 amide bonds. The van der Waals surface area contributed by atoms with Gasteiger partial charge in [-0.2, -0.15) is 0 Å². The summed E-state index contributed by atoms with van der Waals surface area (Å²) in [6, 6.07) is 17.4. The van der Waals surface area contributed by atoms with Crippen LogP contribution in [0.4, 0.5) is 0 Å². The average Bonchev–Trinajstić information content (AvgIpc) is 2.41. The van der Waals surface area contributed by atoms with Crippen molar-refractivity contribution in [1.29, 1.82) is 0 Å². The molecular formula is C19H23Cl. The maximum Gasteiger partial charge on any atom is 0.0625 e. The lowest BCUT2D eigenvalue weighted by Gasteiger charge is -2.12. The molecule has 20 heavy (non-hydrogen) atoms. The van der Waals surface area contributed by atoms with Crippen molar-refractivity contribution < 1.29 is 0 Å². The molecule has 0 spiro atoms. The fraction of sp³-hybridized carbons (Fsp3) is 0.368.